The second-order valence-electron chi connectivity index (χ2n) is 2.04. The molecule has 0 amide bonds. The second kappa shape index (κ2) is 7.74. The molecule has 0 aliphatic heterocycles. The maximum atomic E-state index is 11.0. The van der Waals surface area contributed by atoms with Crippen LogP contribution in [0.25, 0.3) is 0 Å². The molecule has 12 heavy (non-hydrogen) atoms. The van der Waals surface area contributed by atoms with Crippen molar-refractivity contribution in [3.63, 3.8) is 0 Å². The first-order chi connectivity index (χ1) is 5.74. The fraction of sp³-hybridized carbons (Fsp3) is 1.00. The van der Waals surface area contributed by atoms with Crippen molar-refractivity contribution < 1.29 is 18.6 Å². The quantitative estimate of drug-likeness (QED) is 0.460. The first-order valence-corrected chi connectivity index (χ1v) is 5.69. The third kappa shape index (κ3) is 5.72. The minimum Gasteiger partial charge on any atom is -0.330 e. The van der Waals surface area contributed by atoms with Gasteiger partial charge in [-0.25, -0.2) is 0 Å². The van der Waals surface area contributed by atoms with Crippen LogP contribution in [-0.2, 0) is 18.6 Å². The Balaban J connectivity index is 3.68. The van der Waals surface area contributed by atoms with Gasteiger partial charge in [0.25, 0.3) is 6.48 Å². The monoisotopic (exact) mass is 196 g/mol. The minimum absolute atomic E-state index is 0.490. The normalized spacial score (nSPS) is 13.7. The molecule has 0 N–H and O–H groups in total. The van der Waals surface area contributed by atoms with Crippen LogP contribution in [0.3, 0.4) is 0 Å². The molecule has 5 heteroatoms. The molecule has 1 atom stereocenters. The van der Waals surface area contributed by atoms with E-state index in [4.69, 9.17) is 14.0 Å². The van der Waals surface area contributed by atoms with Crippen molar-refractivity contribution in [3.05, 3.63) is 0 Å². The maximum Gasteiger partial charge on any atom is 0.276 e. The summed E-state index contributed by atoms with van der Waals surface area (Å²) in [6, 6.07) is 0. The van der Waals surface area contributed by atoms with Crippen LogP contribution >= 0.6 is 8.03 Å². The number of hydrogen-bond acceptors (Lipinski definition) is 4. The van der Waals surface area contributed by atoms with Crippen LogP contribution in [0.2, 0.25) is 0 Å². The van der Waals surface area contributed by atoms with Crippen LogP contribution in [0.1, 0.15) is 20.8 Å². The summed E-state index contributed by atoms with van der Waals surface area (Å²) < 4.78 is 26.0. The molecular formula is C7H17O4P. The minimum atomic E-state index is -1.97. The molecule has 0 heterocycles. The lowest BCUT2D eigenvalue weighted by Gasteiger charge is -2.15. The zero-order valence-corrected chi connectivity index (χ0v) is 8.83. The first-order valence-electron chi connectivity index (χ1n) is 4.17. The van der Waals surface area contributed by atoms with Gasteiger partial charge in [0.15, 0.2) is 8.03 Å². The second-order valence-corrected chi connectivity index (χ2v) is 3.73. The molecule has 0 bridgehead atoms. The summed E-state index contributed by atoms with van der Waals surface area (Å²) in [7, 11) is -1.97. The maximum absolute atomic E-state index is 11.0. The van der Waals surface area contributed by atoms with E-state index < -0.39 is 14.5 Å². The summed E-state index contributed by atoms with van der Waals surface area (Å²) in [6.45, 7) is 5.69. The third-order valence-corrected chi connectivity index (χ3v) is 2.15. The van der Waals surface area contributed by atoms with Crippen molar-refractivity contribution in [2.75, 3.05) is 19.4 Å². The van der Waals surface area contributed by atoms with Crippen molar-refractivity contribution in [1.29, 1.82) is 0 Å². The topological polar surface area (TPSA) is 44.8 Å². The lowest BCUT2D eigenvalue weighted by atomic mass is 10.8. The third-order valence-electron chi connectivity index (χ3n) is 1.12. The average Bonchev–Trinajstić information content (AvgIpc) is 2.05. The highest BCUT2D eigenvalue weighted by Gasteiger charge is 2.10. The van der Waals surface area contributed by atoms with E-state index in [1.165, 1.54) is 0 Å². The highest BCUT2D eigenvalue weighted by Crippen LogP contribution is 2.24. The van der Waals surface area contributed by atoms with E-state index in [0.717, 1.165) is 0 Å². The van der Waals surface area contributed by atoms with Gasteiger partial charge in [0.05, 0.1) is 0 Å². The summed E-state index contributed by atoms with van der Waals surface area (Å²) in [4.78, 5) is 0. The van der Waals surface area contributed by atoms with E-state index >= 15 is 0 Å². The van der Waals surface area contributed by atoms with Crippen LogP contribution in [0.5, 0.6) is 0 Å². The first kappa shape index (κ1) is 12.1. The number of hydrogen-bond donors (Lipinski definition) is 0. The van der Waals surface area contributed by atoms with Crippen LogP contribution in [0, 0.1) is 0 Å². The smallest absolute Gasteiger partial charge is 0.276 e. The lowest BCUT2D eigenvalue weighted by Crippen LogP contribution is -2.18. The molecular weight excluding hydrogens is 179 g/mol. The molecule has 0 saturated carbocycles. The van der Waals surface area contributed by atoms with Gasteiger partial charge < -0.3 is 9.47 Å². The van der Waals surface area contributed by atoms with E-state index in [9.17, 15) is 4.57 Å². The number of ether oxygens (including phenoxy) is 2. The Kier molecular flexibility index (Phi) is 7.81. The van der Waals surface area contributed by atoms with Crippen LogP contribution in [0.4, 0.5) is 0 Å². The Bertz CT molecular complexity index is 123. The van der Waals surface area contributed by atoms with Gasteiger partial charge in [-0.2, -0.15) is 0 Å². The van der Waals surface area contributed by atoms with Gasteiger partial charge in [0, 0.05) is 19.4 Å². The molecule has 0 aliphatic carbocycles. The molecule has 0 fully saturated rings. The lowest BCUT2D eigenvalue weighted by molar-refractivity contribution is -0.240. The van der Waals surface area contributed by atoms with E-state index in [-0.39, 0.29) is 0 Å². The van der Waals surface area contributed by atoms with Gasteiger partial charge >= 0.3 is 0 Å². The molecule has 4 nitrogen and oxygen atoms in total. The van der Waals surface area contributed by atoms with Crippen LogP contribution < -0.4 is 0 Å². The van der Waals surface area contributed by atoms with Gasteiger partial charge in [-0.1, -0.05) is 6.92 Å². The Morgan fingerprint density at radius 3 is 2.00 bits per heavy atom. The zero-order chi connectivity index (χ0) is 9.40. The molecule has 0 aliphatic rings. The molecule has 0 aromatic rings. The fourth-order valence-electron chi connectivity index (χ4n) is 0.579. The van der Waals surface area contributed by atoms with E-state index in [1.54, 1.807) is 6.92 Å². The van der Waals surface area contributed by atoms with Crippen molar-refractivity contribution in [2.45, 2.75) is 27.2 Å². The predicted molar refractivity (Wildman–Crippen MR) is 47.7 cm³/mol. The summed E-state index contributed by atoms with van der Waals surface area (Å²) in [6.07, 6.45) is 0.515. The van der Waals surface area contributed by atoms with E-state index in [1.807, 2.05) is 13.8 Å². The Morgan fingerprint density at radius 2 is 1.67 bits per heavy atom. The highest BCUT2D eigenvalue weighted by molar-refractivity contribution is 7.39. The molecule has 0 rings (SSSR count). The SMILES string of the molecule is CCOC(OCC)O[PH](=O)CC. The van der Waals surface area contributed by atoms with Gasteiger partial charge in [-0.15, -0.1) is 0 Å². The Morgan fingerprint density at radius 1 is 1.17 bits per heavy atom. The fourth-order valence-corrected chi connectivity index (χ4v) is 1.10. The number of rotatable bonds is 7. The largest absolute Gasteiger partial charge is 0.330 e. The average molecular weight is 196 g/mol. The molecule has 0 spiro atoms. The van der Waals surface area contributed by atoms with Crippen molar-refractivity contribution in [3.8, 4) is 0 Å². The zero-order valence-electron chi connectivity index (χ0n) is 7.83. The van der Waals surface area contributed by atoms with Gasteiger partial charge in [-0.3, -0.25) is 9.09 Å². The molecule has 0 saturated heterocycles. The Hall–Kier alpha value is 0.110. The van der Waals surface area contributed by atoms with Gasteiger partial charge in [-0.05, 0) is 13.8 Å². The van der Waals surface area contributed by atoms with E-state index in [0.29, 0.717) is 19.4 Å². The van der Waals surface area contributed by atoms with Crippen molar-refractivity contribution >= 4 is 8.03 Å². The molecule has 0 aromatic carbocycles. The Labute approximate surface area is 74.1 Å². The molecule has 1 unspecified atom stereocenters. The summed E-state index contributed by atoms with van der Waals surface area (Å²) in [5.41, 5.74) is 0. The van der Waals surface area contributed by atoms with E-state index in [2.05, 4.69) is 0 Å². The standard InChI is InChI=1S/C7H17O4P/c1-4-9-7(10-5-2)11-12(8)6-3/h7,12H,4-6H2,1-3H3. The van der Waals surface area contributed by atoms with Crippen molar-refractivity contribution in [2.24, 2.45) is 0 Å². The molecule has 0 aromatic heterocycles. The van der Waals surface area contributed by atoms with Gasteiger partial charge in [0.2, 0.25) is 0 Å². The molecule has 74 valence electrons. The van der Waals surface area contributed by atoms with Crippen LogP contribution in [0.15, 0.2) is 0 Å². The summed E-state index contributed by atoms with van der Waals surface area (Å²) >= 11 is 0. The van der Waals surface area contributed by atoms with Crippen LogP contribution in [-0.4, -0.2) is 25.9 Å². The summed E-state index contributed by atoms with van der Waals surface area (Å²) in [5, 5.41) is 0. The van der Waals surface area contributed by atoms with Gasteiger partial charge in [0.1, 0.15) is 0 Å². The summed E-state index contributed by atoms with van der Waals surface area (Å²) in [5.74, 6) is 0. The van der Waals surface area contributed by atoms with Crippen molar-refractivity contribution in [1.82, 2.24) is 0 Å². The highest BCUT2D eigenvalue weighted by atomic mass is 31.1. The predicted octanol–water partition coefficient (Wildman–Crippen LogP) is 1.85. The molecule has 0 radical (unpaired) electrons.